The van der Waals surface area contributed by atoms with Crippen molar-refractivity contribution in [2.75, 3.05) is 0 Å². The molecule has 0 radical (unpaired) electrons. The minimum Gasteiger partial charge on any atom is -0.307 e. The highest BCUT2D eigenvalue weighted by Gasteiger charge is 2.24. The fourth-order valence-corrected chi connectivity index (χ4v) is 2.12. The van der Waals surface area contributed by atoms with E-state index in [1.54, 1.807) is 0 Å². The van der Waals surface area contributed by atoms with E-state index in [4.69, 9.17) is 0 Å². The van der Waals surface area contributed by atoms with Crippen molar-refractivity contribution in [2.24, 2.45) is 5.41 Å². The summed E-state index contributed by atoms with van der Waals surface area (Å²) in [6.07, 6.45) is 1.17. The molecule has 1 nitrogen and oxygen atoms in total. The molecule has 0 fully saturated rings. The Labute approximate surface area is 112 Å². The highest BCUT2D eigenvalue weighted by atomic mass is 35.5. The van der Waals surface area contributed by atoms with Crippen LogP contribution in [0.5, 0.6) is 0 Å². The highest BCUT2D eigenvalue weighted by molar-refractivity contribution is 5.85. The maximum Gasteiger partial charge on any atom is 0.0294 e. The van der Waals surface area contributed by atoms with Crippen molar-refractivity contribution in [1.29, 1.82) is 0 Å². The lowest BCUT2D eigenvalue weighted by atomic mass is 9.84. The molecular formula is C15H26ClN. The third-order valence-electron chi connectivity index (χ3n) is 3.20. The number of nitrogens with one attached hydrogen (secondary N) is 1. The molecule has 0 aromatic heterocycles. The van der Waals surface area contributed by atoms with Gasteiger partial charge in [-0.25, -0.2) is 0 Å². The van der Waals surface area contributed by atoms with Crippen LogP contribution >= 0.6 is 12.4 Å². The molecule has 2 heteroatoms. The van der Waals surface area contributed by atoms with Crippen molar-refractivity contribution < 1.29 is 0 Å². The molecule has 98 valence electrons. The van der Waals surface area contributed by atoms with E-state index in [9.17, 15) is 0 Å². The van der Waals surface area contributed by atoms with E-state index in [0.29, 0.717) is 17.5 Å². The van der Waals surface area contributed by atoms with E-state index >= 15 is 0 Å². The molecule has 1 aromatic rings. The van der Waals surface area contributed by atoms with Gasteiger partial charge in [-0.1, -0.05) is 58.0 Å². The van der Waals surface area contributed by atoms with Crippen LogP contribution in [0.4, 0.5) is 0 Å². The van der Waals surface area contributed by atoms with Crippen LogP contribution in [0.25, 0.3) is 0 Å². The van der Waals surface area contributed by atoms with Gasteiger partial charge in [0.15, 0.2) is 0 Å². The topological polar surface area (TPSA) is 12.0 Å². The molecule has 17 heavy (non-hydrogen) atoms. The summed E-state index contributed by atoms with van der Waals surface area (Å²) in [5, 5.41) is 3.72. The second-order valence-corrected chi connectivity index (χ2v) is 5.63. The van der Waals surface area contributed by atoms with Gasteiger partial charge in [0.25, 0.3) is 0 Å². The summed E-state index contributed by atoms with van der Waals surface area (Å²) in [7, 11) is 0. The van der Waals surface area contributed by atoms with Crippen LogP contribution < -0.4 is 5.32 Å². The van der Waals surface area contributed by atoms with Crippen molar-refractivity contribution in [2.45, 2.75) is 53.1 Å². The fourth-order valence-electron chi connectivity index (χ4n) is 2.12. The third-order valence-corrected chi connectivity index (χ3v) is 3.20. The van der Waals surface area contributed by atoms with E-state index in [2.05, 4.69) is 70.3 Å². The summed E-state index contributed by atoms with van der Waals surface area (Å²) in [6.45, 7) is 11.4. The van der Waals surface area contributed by atoms with E-state index in [1.807, 2.05) is 0 Å². The van der Waals surface area contributed by atoms with Crippen LogP contribution in [-0.2, 0) is 0 Å². The van der Waals surface area contributed by atoms with Crippen LogP contribution in [0.3, 0.4) is 0 Å². The summed E-state index contributed by atoms with van der Waals surface area (Å²) in [5.41, 5.74) is 1.68. The first-order valence-corrected chi connectivity index (χ1v) is 6.26. The maximum absolute atomic E-state index is 3.72. The second kappa shape index (κ2) is 7.03. The van der Waals surface area contributed by atoms with Crippen LogP contribution in [0.1, 0.15) is 52.6 Å². The quantitative estimate of drug-likeness (QED) is 0.830. The number of hydrogen-bond donors (Lipinski definition) is 1. The number of rotatable bonds is 4. The molecule has 0 aliphatic carbocycles. The van der Waals surface area contributed by atoms with Crippen molar-refractivity contribution in [3.63, 3.8) is 0 Å². The van der Waals surface area contributed by atoms with Gasteiger partial charge in [0, 0.05) is 12.1 Å². The molecule has 0 amide bonds. The molecule has 0 saturated heterocycles. The van der Waals surface area contributed by atoms with Crippen LogP contribution in [-0.4, -0.2) is 6.04 Å². The molecule has 0 unspecified atom stereocenters. The van der Waals surface area contributed by atoms with Crippen molar-refractivity contribution in [3.8, 4) is 0 Å². The minimum atomic E-state index is 0. The first kappa shape index (κ1) is 16.5. The monoisotopic (exact) mass is 255 g/mol. The molecule has 0 aliphatic heterocycles. The van der Waals surface area contributed by atoms with Crippen molar-refractivity contribution in [1.82, 2.24) is 5.32 Å². The smallest absolute Gasteiger partial charge is 0.0294 e. The van der Waals surface area contributed by atoms with Gasteiger partial charge in [-0.3, -0.25) is 0 Å². The van der Waals surface area contributed by atoms with Crippen molar-refractivity contribution in [3.05, 3.63) is 35.9 Å². The lowest BCUT2D eigenvalue weighted by molar-refractivity contribution is 0.244. The van der Waals surface area contributed by atoms with Crippen LogP contribution in [0, 0.1) is 5.41 Å². The minimum absolute atomic E-state index is 0. The first-order valence-electron chi connectivity index (χ1n) is 6.26. The number of halogens is 1. The predicted molar refractivity (Wildman–Crippen MR) is 78.8 cm³/mol. The van der Waals surface area contributed by atoms with Gasteiger partial charge in [-0.05, 0) is 24.3 Å². The summed E-state index contributed by atoms with van der Waals surface area (Å²) < 4.78 is 0. The Morgan fingerprint density at radius 3 is 2.06 bits per heavy atom. The van der Waals surface area contributed by atoms with Crippen molar-refractivity contribution >= 4 is 12.4 Å². The van der Waals surface area contributed by atoms with E-state index in [1.165, 1.54) is 12.0 Å². The molecule has 0 saturated carbocycles. The fraction of sp³-hybridized carbons (Fsp3) is 0.600. The Morgan fingerprint density at radius 2 is 1.65 bits per heavy atom. The molecule has 2 atom stereocenters. The third kappa shape index (κ3) is 5.10. The SMILES string of the molecule is CC[C@@H](N[C@H](C)c1ccccc1)C(C)(C)C.Cl. The van der Waals surface area contributed by atoms with Crippen LogP contribution in [0.15, 0.2) is 30.3 Å². The molecule has 1 N–H and O–H groups in total. The Balaban J connectivity index is 0.00000256. The Hall–Kier alpha value is -0.530. The predicted octanol–water partition coefficient (Wildman–Crippen LogP) is 4.58. The summed E-state index contributed by atoms with van der Waals surface area (Å²) in [5.74, 6) is 0. The molecule has 0 aliphatic rings. The Kier molecular flexibility index (Phi) is 6.81. The Morgan fingerprint density at radius 1 is 1.12 bits per heavy atom. The average Bonchev–Trinajstić information content (AvgIpc) is 2.25. The van der Waals surface area contributed by atoms with Gasteiger partial charge < -0.3 is 5.32 Å². The van der Waals surface area contributed by atoms with Gasteiger partial charge in [-0.15, -0.1) is 12.4 Å². The molecule has 0 heterocycles. The van der Waals surface area contributed by atoms with Gasteiger partial charge in [-0.2, -0.15) is 0 Å². The zero-order chi connectivity index (χ0) is 12.2. The molecule has 1 aromatic carbocycles. The van der Waals surface area contributed by atoms with Gasteiger partial charge in [0.2, 0.25) is 0 Å². The highest BCUT2D eigenvalue weighted by Crippen LogP contribution is 2.24. The van der Waals surface area contributed by atoms with Gasteiger partial charge in [0.05, 0.1) is 0 Å². The summed E-state index contributed by atoms with van der Waals surface area (Å²) in [6, 6.07) is 11.6. The average molecular weight is 256 g/mol. The van der Waals surface area contributed by atoms with E-state index in [0.717, 1.165) is 0 Å². The first-order chi connectivity index (χ1) is 7.45. The lowest BCUT2D eigenvalue weighted by Gasteiger charge is -2.33. The number of hydrogen-bond acceptors (Lipinski definition) is 1. The van der Waals surface area contributed by atoms with E-state index < -0.39 is 0 Å². The molecule has 0 bridgehead atoms. The van der Waals surface area contributed by atoms with Gasteiger partial charge in [0.1, 0.15) is 0 Å². The summed E-state index contributed by atoms with van der Waals surface area (Å²) in [4.78, 5) is 0. The second-order valence-electron chi connectivity index (χ2n) is 5.63. The van der Waals surface area contributed by atoms with Gasteiger partial charge >= 0.3 is 0 Å². The van der Waals surface area contributed by atoms with Crippen LogP contribution in [0.2, 0.25) is 0 Å². The standard InChI is InChI=1S/C15H25N.ClH/c1-6-14(15(3,4)5)16-12(2)13-10-8-7-9-11-13;/h7-12,14,16H,6H2,1-5H3;1H/t12-,14-;/m1./s1. The summed E-state index contributed by atoms with van der Waals surface area (Å²) >= 11 is 0. The zero-order valence-corrected chi connectivity index (χ0v) is 12.5. The normalized spacial score (nSPS) is 14.9. The maximum atomic E-state index is 3.72. The number of benzene rings is 1. The molecule has 1 rings (SSSR count). The molecule has 0 spiro atoms. The largest absolute Gasteiger partial charge is 0.307 e. The Bertz CT molecular complexity index is 302. The lowest BCUT2D eigenvalue weighted by Crippen LogP contribution is -2.41. The zero-order valence-electron chi connectivity index (χ0n) is 11.7. The van der Waals surface area contributed by atoms with E-state index in [-0.39, 0.29) is 12.4 Å². The molecular weight excluding hydrogens is 230 g/mol.